The lowest BCUT2D eigenvalue weighted by atomic mass is 10.2. The van der Waals surface area contributed by atoms with Crippen molar-refractivity contribution in [3.63, 3.8) is 0 Å². The van der Waals surface area contributed by atoms with E-state index in [2.05, 4.69) is 0 Å². The van der Waals surface area contributed by atoms with Gasteiger partial charge in [-0.15, -0.1) is 0 Å². The summed E-state index contributed by atoms with van der Waals surface area (Å²) in [4.78, 5) is 0. The Bertz CT molecular complexity index is 214. The average Bonchev–Trinajstić information content (AvgIpc) is 1.87. The Labute approximate surface area is 69.6 Å². The molecule has 0 bridgehead atoms. The van der Waals surface area contributed by atoms with Crippen LogP contribution >= 0.6 is 0 Å². The maximum Gasteiger partial charge on any atom is 0.178 e. The van der Waals surface area contributed by atoms with E-state index in [-0.39, 0.29) is 0 Å². The first-order chi connectivity index (χ1) is 5.16. The van der Waals surface area contributed by atoms with Crippen molar-refractivity contribution in [1.82, 2.24) is 0 Å². The molecule has 0 aromatic heterocycles. The zero-order valence-electron chi connectivity index (χ0n) is 6.65. The van der Waals surface area contributed by atoms with Crippen LogP contribution in [0.25, 0.3) is 0 Å². The lowest BCUT2D eigenvalue weighted by Crippen LogP contribution is -1.74. The maximum atomic E-state index is 10.1. The summed E-state index contributed by atoms with van der Waals surface area (Å²) in [6, 6.07) is 0. The van der Waals surface area contributed by atoms with E-state index in [1.54, 1.807) is 12.2 Å². The first-order valence-electron chi connectivity index (χ1n) is 3.24. The highest BCUT2D eigenvalue weighted by molar-refractivity contribution is 7.82. The Morgan fingerprint density at radius 2 is 2.18 bits per heavy atom. The van der Waals surface area contributed by atoms with Gasteiger partial charge in [-0.05, 0) is 13.8 Å². The average molecular weight is 172 g/mol. The summed E-state index contributed by atoms with van der Waals surface area (Å²) in [5.74, 6) is 0. The van der Waals surface area contributed by atoms with Gasteiger partial charge in [0, 0.05) is 5.41 Å². The lowest BCUT2D eigenvalue weighted by Gasteiger charge is -1.84. The van der Waals surface area contributed by atoms with Crippen molar-refractivity contribution < 1.29 is 8.76 Å². The fourth-order valence-electron chi connectivity index (χ4n) is 0.577. The molecule has 0 aromatic rings. The third-order valence-corrected chi connectivity index (χ3v) is 1.37. The van der Waals surface area contributed by atoms with Crippen LogP contribution in [0.4, 0.5) is 0 Å². The second kappa shape index (κ2) is 6.07. The van der Waals surface area contributed by atoms with Gasteiger partial charge in [-0.2, -0.15) is 0 Å². The molecule has 1 atom stereocenters. The zero-order valence-corrected chi connectivity index (χ0v) is 7.47. The Morgan fingerprint density at radius 3 is 2.64 bits per heavy atom. The first kappa shape index (κ1) is 10.3. The minimum atomic E-state index is -1.84. The third-order valence-electron chi connectivity index (χ3n) is 0.984. The summed E-state index contributed by atoms with van der Waals surface area (Å²) in [7, 11) is 0. The van der Waals surface area contributed by atoms with Crippen molar-refractivity contribution in [3.05, 3.63) is 35.3 Å². The van der Waals surface area contributed by atoms with Crippen LogP contribution in [0, 0.1) is 0 Å². The molecule has 0 spiro atoms. The molecule has 1 unspecified atom stereocenters. The molecule has 0 fully saturated rings. The van der Waals surface area contributed by atoms with Crippen molar-refractivity contribution in [3.8, 4) is 0 Å². The van der Waals surface area contributed by atoms with Crippen molar-refractivity contribution in [1.29, 1.82) is 0 Å². The van der Waals surface area contributed by atoms with Crippen molar-refractivity contribution in [2.75, 3.05) is 0 Å². The molecule has 0 saturated heterocycles. The van der Waals surface area contributed by atoms with Gasteiger partial charge in [-0.3, -0.25) is 0 Å². The van der Waals surface area contributed by atoms with Crippen LogP contribution in [0.5, 0.6) is 0 Å². The molecule has 62 valence electrons. The summed E-state index contributed by atoms with van der Waals surface area (Å²) in [5, 5.41) is 1.22. The topological polar surface area (TPSA) is 37.3 Å². The van der Waals surface area contributed by atoms with Gasteiger partial charge >= 0.3 is 0 Å². The largest absolute Gasteiger partial charge is 0.303 e. The second-order valence-corrected chi connectivity index (χ2v) is 2.84. The van der Waals surface area contributed by atoms with Crippen LogP contribution in [0.1, 0.15) is 13.8 Å². The van der Waals surface area contributed by atoms with Gasteiger partial charge in [0.05, 0.1) is 0 Å². The molecule has 0 aliphatic rings. The van der Waals surface area contributed by atoms with Crippen LogP contribution in [-0.2, 0) is 11.1 Å². The Kier molecular flexibility index (Phi) is 5.70. The third kappa shape index (κ3) is 7.22. The molecule has 0 saturated carbocycles. The van der Waals surface area contributed by atoms with Crippen molar-refractivity contribution in [2.45, 2.75) is 13.8 Å². The molecule has 0 radical (unpaired) electrons. The number of rotatable bonds is 3. The second-order valence-electron chi connectivity index (χ2n) is 2.02. The minimum Gasteiger partial charge on any atom is -0.303 e. The zero-order chi connectivity index (χ0) is 8.69. The summed E-state index contributed by atoms with van der Waals surface area (Å²) < 4.78 is 18.4. The molecule has 1 N–H and O–H groups in total. The Balaban J connectivity index is 4.01. The predicted molar refractivity (Wildman–Crippen MR) is 48.5 cm³/mol. The Morgan fingerprint density at radius 1 is 1.55 bits per heavy atom. The normalized spacial score (nSPS) is 16.5. The summed E-state index contributed by atoms with van der Waals surface area (Å²) in [5.41, 5.74) is 1.05. The lowest BCUT2D eigenvalue weighted by molar-refractivity contribution is 0.574. The standard InChI is InChI=1S/C8H12O2S/c1-3-5-8(2)6-4-7-11(9)10/h3-7H,1-2H3,(H,9,10)/b5-3-,7-4+,8-6-. The highest BCUT2D eigenvalue weighted by atomic mass is 32.2. The minimum absolute atomic E-state index is 1.05. The summed E-state index contributed by atoms with van der Waals surface area (Å²) >= 11 is -1.84. The van der Waals surface area contributed by atoms with E-state index in [0.29, 0.717) is 0 Å². The molecule has 0 amide bonds. The first-order valence-corrected chi connectivity index (χ1v) is 4.41. The fraction of sp³-hybridized carbons (Fsp3) is 0.250. The highest BCUT2D eigenvalue weighted by Crippen LogP contribution is 1.94. The van der Waals surface area contributed by atoms with Gasteiger partial charge < -0.3 is 4.55 Å². The van der Waals surface area contributed by atoms with E-state index in [1.807, 2.05) is 26.0 Å². The fourth-order valence-corrected chi connectivity index (χ4v) is 0.790. The van der Waals surface area contributed by atoms with Gasteiger partial charge in [-0.1, -0.05) is 29.9 Å². The van der Waals surface area contributed by atoms with Crippen LogP contribution in [0.15, 0.2) is 35.3 Å². The van der Waals surface area contributed by atoms with Crippen molar-refractivity contribution >= 4 is 11.1 Å². The quantitative estimate of drug-likeness (QED) is 0.523. The summed E-state index contributed by atoms with van der Waals surface area (Å²) in [6.07, 6.45) is 7.17. The molecule has 0 heterocycles. The number of allylic oxidation sites excluding steroid dienone is 5. The molecule has 0 aromatic carbocycles. The molecule has 3 heteroatoms. The van der Waals surface area contributed by atoms with Gasteiger partial charge in [0.25, 0.3) is 0 Å². The smallest absolute Gasteiger partial charge is 0.178 e. The van der Waals surface area contributed by atoms with E-state index >= 15 is 0 Å². The number of hydrogen-bond donors (Lipinski definition) is 1. The van der Waals surface area contributed by atoms with Crippen LogP contribution in [0.2, 0.25) is 0 Å². The molecular weight excluding hydrogens is 160 g/mol. The molecular formula is C8H12O2S. The van der Waals surface area contributed by atoms with Gasteiger partial charge in [0.2, 0.25) is 0 Å². The molecule has 0 aliphatic heterocycles. The maximum absolute atomic E-state index is 10.1. The van der Waals surface area contributed by atoms with E-state index in [0.717, 1.165) is 5.57 Å². The predicted octanol–water partition coefficient (Wildman–Crippen LogP) is 2.24. The highest BCUT2D eigenvalue weighted by Gasteiger charge is 1.79. The van der Waals surface area contributed by atoms with E-state index in [4.69, 9.17) is 4.55 Å². The van der Waals surface area contributed by atoms with Crippen molar-refractivity contribution in [2.24, 2.45) is 0 Å². The molecule has 0 aliphatic carbocycles. The van der Waals surface area contributed by atoms with E-state index < -0.39 is 11.1 Å². The SMILES string of the molecule is C\C=C/C(C)=C\C=C\S(=O)O. The molecule has 11 heavy (non-hydrogen) atoms. The Hall–Kier alpha value is -0.670. The van der Waals surface area contributed by atoms with E-state index in [1.165, 1.54) is 5.41 Å². The molecule has 2 nitrogen and oxygen atoms in total. The van der Waals surface area contributed by atoms with Gasteiger partial charge in [0.1, 0.15) is 0 Å². The summed E-state index contributed by atoms with van der Waals surface area (Å²) in [6.45, 7) is 3.84. The van der Waals surface area contributed by atoms with Crippen LogP contribution in [0.3, 0.4) is 0 Å². The van der Waals surface area contributed by atoms with Crippen LogP contribution < -0.4 is 0 Å². The van der Waals surface area contributed by atoms with Gasteiger partial charge in [0.15, 0.2) is 11.1 Å². The molecule has 0 rings (SSSR count). The van der Waals surface area contributed by atoms with Gasteiger partial charge in [-0.25, -0.2) is 4.21 Å². The number of hydrogen-bond acceptors (Lipinski definition) is 1. The van der Waals surface area contributed by atoms with Crippen LogP contribution in [-0.4, -0.2) is 8.76 Å². The monoisotopic (exact) mass is 172 g/mol. The van der Waals surface area contributed by atoms with E-state index in [9.17, 15) is 4.21 Å².